The summed E-state index contributed by atoms with van der Waals surface area (Å²) in [6.07, 6.45) is 0. The van der Waals surface area contributed by atoms with Crippen LogP contribution in [0.3, 0.4) is 0 Å². The molecular weight excluding hydrogens is 807 g/mol. The molecule has 0 heterocycles. The first-order valence-corrected chi connectivity index (χ1v) is 27.0. The van der Waals surface area contributed by atoms with Crippen LogP contribution in [0.1, 0.15) is 249 Å². The number of hydrogen-bond acceptors (Lipinski definition) is 0. The number of rotatable bonds is 0. The number of hydrogen-bond donors (Lipinski definition) is 0. The third-order valence-electron chi connectivity index (χ3n) is 9.00. The normalized spacial score (nSPS) is 14.9. The van der Waals surface area contributed by atoms with Gasteiger partial charge in [0.2, 0.25) is 0 Å². The molecule has 5 heteroatoms. The summed E-state index contributed by atoms with van der Waals surface area (Å²) < 4.78 is 0. The average molecular weight is 920 g/mol. The van der Waals surface area contributed by atoms with Gasteiger partial charge in [0.05, 0.1) is 61.9 Å². The molecule has 0 saturated heterocycles. The molecular formula is C48H112P4Pd+4. The Labute approximate surface area is 361 Å². The maximum Gasteiger partial charge on any atom is 0.0703 e. The molecule has 0 aromatic carbocycles. The van der Waals surface area contributed by atoms with Crippen molar-refractivity contribution in [2.75, 3.05) is 0 Å². The molecule has 0 rings (SSSR count). The van der Waals surface area contributed by atoms with E-state index in [2.05, 4.69) is 249 Å². The molecule has 330 valence electrons. The summed E-state index contributed by atoms with van der Waals surface area (Å²) in [5.74, 6) is 0. The Morgan fingerprint density at radius 2 is 0.170 bits per heavy atom. The Balaban J connectivity index is -0.000000192. The van der Waals surface area contributed by atoms with Crippen molar-refractivity contribution in [3.63, 3.8) is 0 Å². The van der Waals surface area contributed by atoms with E-state index in [1.54, 1.807) is 0 Å². The Bertz CT molecular complexity index is 686. The molecule has 0 unspecified atom stereocenters. The first-order valence-electron chi connectivity index (χ1n) is 21.0. The molecule has 0 aliphatic carbocycles. The van der Waals surface area contributed by atoms with Crippen LogP contribution in [-0.2, 0) is 20.4 Å². The van der Waals surface area contributed by atoms with Gasteiger partial charge >= 0.3 is 0 Å². The van der Waals surface area contributed by atoms with Crippen molar-refractivity contribution in [2.45, 2.75) is 311 Å². The molecule has 0 fully saturated rings. The van der Waals surface area contributed by atoms with Gasteiger partial charge in [-0.2, -0.15) is 0 Å². The largest absolute Gasteiger partial charge is 0.0703 e. The van der Waals surface area contributed by atoms with Gasteiger partial charge in [0, 0.05) is 52.1 Å². The second kappa shape index (κ2) is 20.8. The fourth-order valence-electron chi connectivity index (χ4n) is 13.5. The van der Waals surface area contributed by atoms with Crippen molar-refractivity contribution in [1.29, 1.82) is 0 Å². The van der Waals surface area contributed by atoms with E-state index in [0.29, 0.717) is 61.9 Å². The van der Waals surface area contributed by atoms with E-state index in [-0.39, 0.29) is 20.4 Å². The first-order chi connectivity index (χ1) is 21.5. The topological polar surface area (TPSA) is 0 Å². The third kappa shape index (κ3) is 27.0. The third-order valence-corrected chi connectivity index (χ3v) is 27.0. The van der Waals surface area contributed by atoms with Gasteiger partial charge in [-0.15, -0.1) is 0 Å². The Morgan fingerprint density at radius 1 is 0.132 bits per heavy atom. The minimum atomic E-state index is -0.391. The molecule has 0 atom stereocenters. The second-order valence-electron chi connectivity index (χ2n) is 28.5. The first kappa shape index (κ1) is 64.5. The Kier molecular flexibility index (Phi) is 25.3. The van der Waals surface area contributed by atoms with E-state index in [1.165, 1.54) is 0 Å². The molecule has 0 aliphatic rings. The zero-order valence-corrected chi connectivity index (χ0v) is 49.9. The second-order valence-corrected chi connectivity index (χ2v) is 49.5. The summed E-state index contributed by atoms with van der Waals surface area (Å²) in [5, 5.41) is 5.85. The molecule has 0 amide bonds. The van der Waals surface area contributed by atoms with Crippen LogP contribution in [0.2, 0.25) is 0 Å². The fourth-order valence-corrected chi connectivity index (χ4v) is 40.5. The summed E-state index contributed by atoms with van der Waals surface area (Å²) in [4.78, 5) is 0. The average Bonchev–Trinajstić information content (AvgIpc) is 2.51. The SMILES string of the molecule is CC(C)(C)[PH+](C(C)(C)C)C(C)(C)C.CC(C)(C)[PH+](C(C)(C)C)C(C)(C)C.CC(C)(C)[PH+](C(C)(C)C)C(C)(C)C.CC(C)(C)[PH+](C(C)(C)C)C(C)(C)C.[Pd]. The molecule has 0 radical (unpaired) electrons. The molecule has 0 aromatic rings. The summed E-state index contributed by atoms with van der Waals surface area (Å²) in [5.41, 5.74) is 0. The van der Waals surface area contributed by atoms with Crippen molar-refractivity contribution >= 4 is 31.7 Å². The van der Waals surface area contributed by atoms with Crippen molar-refractivity contribution in [2.24, 2.45) is 0 Å². The zero-order valence-electron chi connectivity index (χ0n) is 44.3. The monoisotopic (exact) mass is 919 g/mol. The van der Waals surface area contributed by atoms with Crippen LogP contribution in [0.5, 0.6) is 0 Å². The van der Waals surface area contributed by atoms with Gasteiger partial charge in [-0.1, -0.05) is 0 Å². The minimum absolute atomic E-state index is 0. The van der Waals surface area contributed by atoms with E-state index in [9.17, 15) is 0 Å². The van der Waals surface area contributed by atoms with Crippen molar-refractivity contribution in [3.8, 4) is 0 Å². The van der Waals surface area contributed by atoms with Crippen LogP contribution in [0.4, 0.5) is 0 Å². The summed E-state index contributed by atoms with van der Waals surface area (Å²) in [6, 6.07) is 0. The van der Waals surface area contributed by atoms with Gasteiger partial charge in [-0.25, -0.2) is 0 Å². The quantitative estimate of drug-likeness (QED) is 0.168. The van der Waals surface area contributed by atoms with Gasteiger partial charge in [-0.05, 0) is 249 Å². The standard InChI is InChI=1S/4C12H27P.Pd/c4*1-10(2,3)13(11(4,5)6)12(7,8)9;/h4*1-9H3;/p+4. The van der Waals surface area contributed by atoms with Gasteiger partial charge in [-0.3, -0.25) is 0 Å². The predicted molar refractivity (Wildman–Crippen MR) is 270 cm³/mol. The van der Waals surface area contributed by atoms with E-state index in [0.717, 1.165) is 0 Å². The summed E-state index contributed by atoms with van der Waals surface area (Å²) >= 11 is 0. The van der Waals surface area contributed by atoms with Crippen LogP contribution in [0, 0.1) is 0 Å². The van der Waals surface area contributed by atoms with Gasteiger partial charge < -0.3 is 0 Å². The van der Waals surface area contributed by atoms with Crippen molar-refractivity contribution < 1.29 is 20.4 Å². The van der Waals surface area contributed by atoms with E-state index in [4.69, 9.17) is 0 Å². The molecule has 0 aromatic heterocycles. The predicted octanol–water partition coefficient (Wildman–Crippen LogP) is 18.4. The van der Waals surface area contributed by atoms with Crippen LogP contribution in [0.15, 0.2) is 0 Å². The van der Waals surface area contributed by atoms with Crippen LogP contribution < -0.4 is 0 Å². The molecule has 0 spiro atoms. The van der Waals surface area contributed by atoms with Crippen LogP contribution in [-0.4, -0.2) is 61.9 Å². The molecule has 53 heavy (non-hydrogen) atoms. The summed E-state index contributed by atoms with van der Waals surface area (Å²) in [7, 11) is -1.56. The zero-order chi connectivity index (χ0) is 44.3. The van der Waals surface area contributed by atoms with E-state index < -0.39 is 31.7 Å². The van der Waals surface area contributed by atoms with E-state index >= 15 is 0 Å². The van der Waals surface area contributed by atoms with Crippen molar-refractivity contribution in [1.82, 2.24) is 0 Å². The molecule has 0 bridgehead atoms. The van der Waals surface area contributed by atoms with Gasteiger partial charge in [0.15, 0.2) is 0 Å². The van der Waals surface area contributed by atoms with Gasteiger partial charge in [0.1, 0.15) is 0 Å². The van der Waals surface area contributed by atoms with Crippen LogP contribution in [0.25, 0.3) is 0 Å². The summed E-state index contributed by atoms with van der Waals surface area (Å²) in [6.45, 7) is 86.4. The molecule has 0 N–H and O–H groups in total. The van der Waals surface area contributed by atoms with Crippen molar-refractivity contribution in [3.05, 3.63) is 0 Å². The minimum Gasteiger partial charge on any atom is -0.0261 e. The molecule has 0 nitrogen and oxygen atoms in total. The fraction of sp³-hybridized carbons (Fsp3) is 1.00. The molecule has 0 saturated carbocycles. The smallest absolute Gasteiger partial charge is 0.0261 e. The Morgan fingerprint density at radius 3 is 0.170 bits per heavy atom. The van der Waals surface area contributed by atoms with Gasteiger partial charge in [0.25, 0.3) is 0 Å². The Hall–Kier alpha value is 2.38. The maximum absolute atomic E-state index is 2.40. The van der Waals surface area contributed by atoms with E-state index in [1.807, 2.05) is 0 Å². The maximum atomic E-state index is 2.40. The van der Waals surface area contributed by atoms with Crippen LogP contribution >= 0.6 is 31.7 Å². The molecule has 0 aliphatic heterocycles.